The molecule has 0 bridgehead atoms. The molecule has 1 atom stereocenters. The molecule has 0 radical (unpaired) electrons. The summed E-state index contributed by atoms with van der Waals surface area (Å²) in [6, 6.07) is 6.59. The summed E-state index contributed by atoms with van der Waals surface area (Å²) in [7, 11) is 2.81. The van der Waals surface area contributed by atoms with E-state index in [4.69, 9.17) is 4.74 Å². The predicted octanol–water partition coefficient (Wildman–Crippen LogP) is 4.10. The second-order valence-corrected chi connectivity index (χ2v) is 6.22. The highest BCUT2D eigenvalue weighted by molar-refractivity contribution is 14.1. The van der Waals surface area contributed by atoms with Gasteiger partial charge in [-0.2, -0.15) is 0 Å². The standard InChI is InChI=1S/C14H17F2IO3S/c1-19-11-5-3-10(4-6-11)13(14(15,16)9-17)21-8-7-12(18)20-2/h3-6,13H,7-9H2,1-2H3. The molecule has 0 amide bonds. The Morgan fingerprint density at radius 2 is 1.95 bits per heavy atom. The predicted molar refractivity (Wildman–Crippen MR) is 88.7 cm³/mol. The number of benzene rings is 1. The Bertz CT molecular complexity index is 454. The second kappa shape index (κ2) is 8.77. The van der Waals surface area contributed by atoms with Gasteiger partial charge in [-0.25, -0.2) is 8.78 Å². The van der Waals surface area contributed by atoms with E-state index in [0.717, 1.165) is 11.8 Å². The average Bonchev–Trinajstić information content (AvgIpc) is 2.51. The maximum atomic E-state index is 14.1. The molecule has 0 N–H and O–H groups in total. The van der Waals surface area contributed by atoms with E-state index in [2.05, 4.69) is 4.74 Å². The first-order valence-electron chi connectivity index (χ1n) is 6.20. The lowest BCUT2D eigenvalue weighted by molar-refractivity contribution is -0.140. The lowest BCUT2D eigenvalue weighted by Gasteiger charge is -2.25. The third-order valence-electron chi connectivity index (χ3n) is 2.80. The highest BCUT2D eigenvalue weighted by Gasteiger charge is 2.39. The Balaban J connectivity index is 2.83. The molecule has 0 fully saturated rings. The fourth-order valence-electron chi connectivity index (χ4n) is 1.67. The van der Waals surface area contributed by atoms with Gasteiger partial charge in [0.05, 0.1) is 30.3 Å². The van der Waals surface area contributed by atoms with Gasteiger partial charge in [0.15, 0.2) is 0 Å². The molecule has 0 spiro atoms. The molecular formula is C14H17F2IO3S. The molecule has 0 aliphatic heterocycles. The fourth-order valence-corrected chi connectivity index (χ4v) is 3.61. The van der Waals surface area contributed by atoms with Gasteiger partial charge < -0.3 is 9.47 Å². The minimum atomic E-state index is -2.85. The van der Waals surface area contributed by atoms with Crippen molar-refractivity contribution in [3.05, 3.63) is 29.8 Å². The van der Waals surface area contributed by atoms with Crippen LogP contribution < -0.4 is 4.74 Å². The summed E-state index contributed by atoms with van der Waals surface area (Å²) in [6.07, 6.45) is 0.116. The number of carbonyl (C=O) groups excluding carboxylic acids is 1. The first-order chi connectivity index (χ1) is 9.94. The lowest BCUT2D eigenvalue weighted by atomic mass is 10.1. The molecule has 1 rings (SSSR count). The minimum absolute atomic E-state index is 0.116. The van der Waals surface area contributed by atoms with Crippen LogP contribution in [0.15, 0.2) is 24.3 Å². The summed E-state index contributed by atoms with van der Waals surface area (Å²) >= 11 is 2.75. The SMILES string of the molecule is COC(=O)CCSC(c1ccc(OC)cc1)C(F)(F)CI. The van der Waals surface area contributed by atoms with Gasteiger partial charge >= 0.3 is 5.97 Å². The van der Waals surface area contributed by atoms with Crippen molar-refractivity contribution in [1.82, 2.24) is 0 Å². The van der Waals surface area contributed by atoms with Crippen molar-refractivity contribution in [3.63, 3.8) is 0 Å². The van der Waals surface area contributed by atoms with Crippen LogP contribution in [0.2, 0.25) is 0 Å². The second-order valence-electron chi connectivity index (χ2n) is 4.24. The molecule has 1 aromatic rings. The summed E-state index contributed by atoms with van der Waals surface area (Å²) in [5, 5.41) is -0.995. The number of thioether (sulfide) groups is 1. The fraction of sp³-hybridized carbons (Fsp3) is 0.500. The number of rotatable bonds is 8. The topological polar surface area (TPSA) is 35.5 Å². The van der Waals surface area contributed by atoms with Crippen molar-refractivity contribution in [3.8, 4) is 5.75 Å². The van der Waals surface area contributed by atoms with Crippen LogP contribution in [0.5, 0.6) is 5.75 Å². The van der Waals surface area contributed by atoms with Crippen molar-refractivity contribution in [1.29, 1.82) is 0 Å². The van der Waals surface area contributed by atoms with Crippen molar-refractivity contribution < 1.29 is 23.0 Å². The van der Waals surface area contributed by atoms with E-state index in [-0.39, 0.29) is 16.6 Å². The molecule has 7 heteroatoms. The number of esters is 1. The molecule has 21 heavy (non-hydrogen) atoms. The summed E-state index contributed by atoms with van der Waals surface area (Å²) in [6.45, 7) is 0. The van der Waals surface area contributed by atoms with Gasteiger partial charge in [-0.3, -0.25) is 4.79 Å². The minimum Gasteiger partial charge on any atom is -0.497 e. The van der Waals surface area contributed by atoms with E-state index in [1.54, 1.807) is 46.9 Å². The van der Waals surface area contributed by atoms with Crippen molar-refractivity contribution in [2.75, 3.05) is 24.4 Å². The van der Waals surface area contributed by atoms with Crippen molar-refractivity contribution in [2.45, 2.75) is 17.6 Å². The van der Waals surface area contributed by atoms with Crippen molar-refractivity contribution in [2.24, 2.45) is 0 Å². The van der Waals surface area contributed by atoms with Crippen LogP contribution in [0.1, 0.15) is 17.2 Å². The van der Waals surface area contributed by atoms with Crippen LogP contribution in [-0.2, 0) is 9.53 Å². The third-order valence-corrected chi connectivity index (χ3v) is 5.21. The van der Waals surface area contributed by atoms with Crippen LogP contribution in [-0.4, -0.2) is 36.3 Å². The molecule has 1 aromatic carbocycles. The van der Waals surface area contributed by atoms with Crippen LogP contribution in [0.25, 0.3) is 0 Å². The van der Waals surface area contributed by atoms with Gasteiger partial charge in [-0.15, -0.1) is 11.8 Å². The Labute approximate surface area is 140 Å². The first-order valence-corrected chi connectivity index (χ1v) is 8.78. The first kappa shape index (κ1) is 18.5. The molecular weight excluding hydrogens is 413 g/mol. The van der Waals surface area contributed by atoms with E-state index < -0.39 is 17.1 Å². The van der Waals surface area contributed by atoms with Gasteiger partial charge in [0.1, 0.15) is 5.75 Å². The van der Waals surface area contributed by atoms with Crippen molar-refractivity contribution >= 4 is 40.3 Å². The zero-order valence-electron chi connectivity index (χ0n) is 11.8. The zero-order valence-corrected chi connectivity index (χ0v) is 14.7. The molecule has 3 nitrogen and oxygen atoms in total. The Kier molecular flexibility index (Phi) is 7.72. The number of halogens is 3. The van der Waals surface area contributed by atoms with E-state index >= 15 is 0 Å². The maximum absolute atomic E-state index is 14.1. The van der Waals surface area contributed by atoms with Gasteiger partial charge in [-0.05, 0) is 17.7 Å². The molecule has 0 aliphatic rings. The smallest absolute Gasteiger partial charge is 0.306 e. The average molecular weight is 430 g/mol. The summed E-state index contributed by atoms with van der Waals surface area (Å²) < 4.78 is 37.5. The molecule has 0 saturated carbocycles. The van der Waals surface area contributed by atoms with E-state index in [9.17, 15) is 13.6 Å². The Hall–Kier alpha value is -0.570. The molecule has 0 saturated heterocycles. The van der Waals surface area contributed by atoms with E-state index in [1.165, 1.54) is 14.2 Å². The highest BCUT2D eigenvalue weighted by atomic mass is 127. The van der Waals surface area contributed by atoms with Crippen LogP contribution in [0.3, 0.4) is 0 Å². The number of ether oxygens (including phenoxy) is 2. The molecule has 118 valence electrons. The van der Waals surface area contributed by atoms with Crippen LogP contribution >= 0.6 is 34.4 Å². The zero-order chi connectivity index (χ0) is 15.9. The highest BCUT2D eigenvalue weighted by Crippen LogP contribution is 2.44. The molecule has 0 aromatic heterocycles. The Morgan fingerprint density at radius 1 is 1.33 bits per heavy atom. The molecule has 0 heterocycles. The monoisotopic (exact) mass is 430 g/mol. The van der Waals surface area contributed by atoms with Gasteiger partial charge in [0.2, 0.25) is 0 Å². The summed E-state index contributed by atoms with van der Waals surface area (Å²) in [4.78, 5) is 11.1. The third kappa shape index (κ3) is 5.61. The number of hydrogen-bond acceptors (Lipinski definition) is 4. The number of alkyl halides is 3. The van der Waals surface area contributed by atoms with E-state index in [1.807, 2.05) is 0 Å². The maximum Gasteiger partial charge on any atom is 0.306 e. The van der Waals surface area contributed by atoms with Crippen LogP contribution in [0.4, 0.5) is 8.78 Å². The largest absolute Gasteiger partial charge is 0.497 e. The summed E-state index contributed by atoms with van der Waals surface area (Å²) in [5.41, 5.74) is 0.521. The lowest BCUT2D eigenvalue weighted by Crippen LogP contribution is -2.26. The molecule has 1 unspecified atom stereocenters. The summed E-state index contributed by atoms with van der Waals surface area (Å²) in [5.74, 6) is -2.34. The van der Waals surface area contributed by atoms with Gasteiger partial charge in [0, 0.05) is 5.75 Å². The normalized spacial score (nSPS) is 12.8. The quantitative estimate of drug-likeness (QED) is 0.354. The Morgan fingerprint density at radius 3 is 2.43 bits per heavy atom. The van der Waals surface area contributed by atoms with E-state index in [0.29, 0.717) is 11.3 Å². The number of carbonyl (C=O) groups is 1. The van der Waals surface area contributed by atoms with Gasteiger partial charge in [-0.1, -0.05) is 34.7 Å². The number of methoxy groups -OCH3 is 2. The molecule has 0 aliphatic carbocycles. The number of hydrogen-bond donors (Lipinski definition) is 0. The van der Waals surface area contributed by atoms with Gasteiger partial charge in [0.25, 0.3) is 5.92 Å². The van der Waals surface area contributed by atoms with Crippen LogP contribution in [0, 0.1) is 0 Å².